The highest BCUT2D eigenvalue weighted by Crippen LogP contribution is 2.08. The Labute approximate surface area is 82.9 Å². The Morgan fingerprint density at radius 1 is 1.17 bits per heavy atom. The molecule has 12 heavy (non-hydrogen) atoms. The van der Waals surface area contributed by atoms with Gasteiger partial charge in [0, 0.05) is 6.92 Å². The van der Waals surface area contributed by atoms with Gasteiger partial charge in [-0.3, -0.25) is 0 Å². The van der Waals surface area contributed by atoms with Gasteiger partial charge in [0.15, 0.2) is 6.23 Å². The summed E-state index contributed by atoms with van der Waals surface area (Å²) in [6, 6.07) is 0. The summed E-state index contributed by atoms with van der Waals surface area (Å²) in [5, 5.41) is 0. The number of nitrogens with zero attached hydrogens (tertiary/aromatic N) is 1. The molecule has 0 spiro atoms. The molecule has 0 N–H and O–H groups in total. The lowest BCUT2D eigenvalue weighted by Gasteiger charge is -2.32. The van der Waals surface area contributed by atoms with Gasteiger partial charge >= 0.3 is 0 Å². The van der Waals surface area contributed by atoms with Crippen LogP contribution in [0.15, 0.2) is 0 Å². The van der Waals surface area contributed by atoms with E-state index in [4.69, 9.17) is 4.74 Å². The standard InChI is InChI=1S/C9H22NO.ClH/c1-7-8(2)11-9(3)10(4,5)6;/h8-9H,7H2,1-6H3;1H/q+1;/p-1. The van der Waals surface area contributed by atoms with Gasteiger partial charge in [-0.25, -0.2) is 0 Å². The second kappa shape index (κ2) is 5.79. The minimum absolute atomic E-state index is 0. The fourth-order valence-corrected chi connectivity index (χ4v) is 0.615. The van der Waals surface area contributed by atoms with Crippen LogP contribution in [-0.4, -0.2) is 38.0 Å². The van der Waals surface area contributed by atoms with Crippen LogP contribution >= 0.6 is 0 Å². The van der Waals surface area contributed by atoms with Crippen LogP contribution < -0.4 is 12.4 Å². The van der Waals surface area contributed by atoms with E-state index in [2.05, 4.69) is 41.9 Å². The topological polar surface area (TPSA) is 9.23 Å². The fraction of sp³-hybridized carbons (Fsp3) is 1.00. The van der Waals surface area contributed by atoms with E-state index in [1.165, 1.54) is 0 Å². The molecule has 0 fully saturated rings. The maximum atomic E-state index is 5.74. The molecule has 0 radical (unpaired) electrons. The van der Waals surface area contributed by atoms with Gasteiger partial charge < -0.3 is 21.6 Å². The maximum Gasteiger partial charge on any atom is 0.190 e. The smallest absolute Gasteiger partial charge is 0.190 e. The number of quaternary nitrogens is 1. The Kier molecular flexibility index (Phi) is 7.10. The average Bonchev–Trinajstić information content (AvgIpc) is 1.85. The van der Waals surface area contributed by atoms with Gasteiger partial charge in [0.25, 0.3) is 0 Å². The van der Waals surface area contributed by atoms with Crippen LogP contribution in [-0.2, 0) is 4.74 Å². The molecule has 0 aliphatic rings. The lowest BCUT2D eigenvalue weighted by Crippen LogP contribution is -3.00. The van der Waals surface area contributed by atoms with Gasteiger partial charge in [-0.1, -0.05) is 6.92 Å². The summed E-state index contributed by atoms with van der Waals surface area (Å²) in [5.41, 5.74) is 0. The molecule has 0 bridgehead atoms. The zero-order valence-electron chi connectivity index (χ0n) is 9.10. The van der Waals surface area contributed by atoms with Gasteiger partial charge in [0.05, 0.1) is 27.2 Å². The molecule has 0 aliphatic heterocycles. The highest BCUT2D eigenvalue weighted by Gasteiger charge is 2.20. The summed E-state index contributed by atoms with van der Waals surface area (Å²) < 4.78 is 6.60. The lowest BCUT2D eigenvalue weighted by molar-refractivity contribution is -0.918. The van der Waals surface area contributed by atoms with E-state index < -0.39 is 0 Å². The Balaban J connectivity index is 0. The summed E-state index contributed by atoms with van der Waals surface area (Å²) in [6.07, 6.45) is 1.75. The minimum Gasteiger partial charge on any atom is -1.00 e. The van der Waals surface area contributed by atoms with Crippen LogP contribution in [0.3, 0.4) is 0 Å². The molecule has 2 unspecified atom stereocenters. The lowest BCUT2D eigenvalue weighted by atomic mass is 10.3. The monoisotopic (exact) mass is 195 g/mol. The molecular weight excluding hydrogens is 174 g/mol. The van der Waals surface area contributed by atoms with Crippen LogP contribution in [0.25, 0.3) is 0 Å². The highest BCUT2D eigenvalue weighted by molar-refractivity contribution is 4.44. The van der Waals surface area contributed by atoms with Gasteiger partial charge in [0.1, 0.15) is 0 Å². The summed E-state index contributed by atoms with van der Waals surface area (Å²) >= 11 is 0. The summed E-state index contributed by atoms with van der Waals surface area (Å²) in [6.45, 7) is 6.38. The summed E-state index contributed by atoms with van der Waals surface area (Å²) in [4.78, 5) is 0. The molecule has 0 saturated heterocycles. The van der Waals surface area contributed by atoms with Gasteiger partial charge in [-0.2, -0.15) is 0 Å². The van der Waals surface area contributed by atoms with Gasteiger partial charge in [0.2, 0.25) is 0 Å². The van der Waals surface area contributed by atoms with Crippen LogP contribution in [0.5, 0.6) is 0 Å². The molecule has 0 aromatic heterocycles. The Morgan fingerprint density at radius 2 is 1.58 bits per heavy atom. The first-order chi connectivity index (χ1) is 4.88. The molecule has 2 atom stereocenters. The second-order valence-electron chi connectivity index (χ2n) is 4.07. The van der Waals surface area contributed by atoms with Crippen molar-refractivity contribution < 1.29 is 21.6 Å². The molecule has 0 aromatic carbocycles. The zero-order chi connectivity index (χ0) is 9.07. The summed E-state index contributed by atoms with van der Waals surface area (Å²) in [5.74, 6) is 0. The van der Waals surface area contributed by atoms with E-state index in [1.54, 1.807) is 0 Å². The van der Waals surface area contributed by atoms with E-state index in [0.717, 1.165) is 10.9 Å². The van der Waals surface area contributed by atoms with Crippen LogP contribution in [0.4, 0.5) is 0 Å². The largest absolute Gasteiger partial charge is 1.00 e. The SMILES string of the molecule is CCC(C)OC(C)[N+](C)(C)C.[Cl-]. The zero-order valence-corrected chi connectivity index (χ0v) is 9.85. The van der Waals surface area contributed by atoms with Crippen molar-refractivity contribution in [3.8, 4) is 0 Å². The molecule has 2 nitrogen and oxygen atoms in total. The quantitative estimate of drug-likeness (QED) is 0.407. The van der Waals surface area contributed by atoms with Crippen LogP contribution in [0.1, 0.15) is 27.2 Å². The predicted octanol–water partition coefficient (Wildman–Crippen LogP) is -1.14. The van der Waals surface area contributed by atoms with E-state index in [0.29, 0.717) is 6.10 Å². The maximum absolute atomic E-state index is 5.74. The van der Waals surface area contributed by atoms with E-state index in [9.17, 15) is 0 Å². The number of ether oxygens (including phenoxy) is 1. The van der Waals surface area contributed by atoms with Crippen molar-refractivity contribution in [2.75, 3.05) is 21.1 Å². The average molecular weight is 196 g/mol. The van der Waals surface area contributed by atoms with Crippen molar-refractivity contribution in [2.24, 2.45) is 0 Å². The number of hydrogen-bond donors (Lipinski definition) is 0. The third-order valence-electron chi connectivity index (χ3n) is 2.09. The molecule has 0 rings (SSSR count). The van der Waals surface area contributed by atoms with Crippen LogP contribution in [0, 0.1) is 0 Å². The molecule has 0 amide bonds. The van der Waals surface area contributed by atoms with Crippen molar-refractivity contribution >= 4 is 0 Å². The molecule has 0 saturated carbocycles. The molecule has 0 aliphatic carbocycles. The molecule has 0 aromatic rings. The molecule has 3 heteroatoms. The first-order valence-corrected chi connectivity index (χ1v) is 4.34. The fourth-order valence-electron chi connectivity index (χ4n) is 0.615. The minimum atomic E-state index is 0. The number of halogens is 1. The second-order valence-corrected chi connectivity index (χ2v) is 4.07. The number of hydrogen-bond acceptors (Lipinski definition) is 1. The third kappa shape index (κ3) is 5.81. The molecular formula is C9H22ClNO. The van der Waals surface area contributed by atoms with E-state index in [1.807, 2.05) is 0 Å². The highest BCUT2D eigenvalue weighted by atomic mass is 35.5. The summed E-state index contributed by atoms with van der Waals surface area (Å²) in [7, 11) is 6.44. The van der Waals surface area contributed by atoms with E-state index >= 15 is 0 Å². The molecule has 76 valence electrons. The predicted molar refractivity (Wildman–Crippen MR) is 48.3 cm³/mol. The Hall–Kier alpha value is 0.210. The molecule has 0 heterocycles. The van der Waals surface area contributed by atoms with Crippen molar-refractivity contribution in [1.29, 1.82) is 0 Å². The van der Waals surface area contributed by atoms with Crippen molar-refractivity contribution in [1.82, 2.24) is 0 Å². The first kappa shape index (κ1) is 14.7. The van der Waals surface area contributed by atoms with Crippen molar-refractivity contribution in [3.05, 3.63) is 0 Å². The Morgan fingerprint density at radius 3 is 1.83 bits per heavy atom. The van der Waals surface area contributed by atoms with E-state index in [-0.39, 0.29) is 18.6 Å². The van der Waals surface area contributed by atoms with Crippen molar-refractivity contribution in [3.63, 3.8) is 0 Å². The Bertz CT molecular complexity index is 112. The first-order valence-electron chi connectivity index (χ1n) is 4.34. The van der Waals surface area contributed by atoms with Crippen LogP contribution in [0.2, 0.25) is 0 Å². The normalized spacial score (nSPS) is 16.5. The van der Waals surface area contributed by atoms with Gasteiger partial charge in [-0.05, 0) is 13.3 Å². The van der Waals surface area contributed by atoms with Crippen molar-refractivity contribution in [2.45, 2.75) is 39.5 Å². The van der Waals surface area contributed by atoms with Gasteiger partial charge in [-0.15, -0.1) is 0 Å². The number of rotatable bonds is 4. The third-order valence-corrected chi connectivity index (χ3v) is 2.09.